The molecule has 0 saturated heterocycles. The number of hydrazone groups is 1. The lowest BCUT2D eigenvalue weighted by Crippen LogP contribution is -2.31. The molecule has 0 bridgehead atoms. The van der Waals surface area contributed by atoms with E-state index in [1.54, 1.807) is 6.92 Å². The molecule has 6 nitrogen and oxygen atoms in total. The molecule has 1 aromatic carbocycles. The summed E-state index contributed by atoms with van der Waals surface area (Å²) in [7, 11) is 0. The van der Waals surface area contributed by atoms with Gasteiger partial charge in [-0.1, -0.05) is 34.8 Å². The van der Waals surface area contributed by atoms with Crippen molar-refractivity contribution >= 4 is 52.1 Å². The van der Waals surface area contributed by atoms with E-state index < -0.39 is 6.04 Å². The number of anilines is 1. The minimum atomic E-state index is -0.717. The van der Waals surface area contributed by atoms with Crippen molar-refractivity contribution in [1.29, 1.82) is 0 Å². The number of carbonyl (C=O) groups is 1. The van der Waals surface area contributed by atoms with Gasteiger partial charge in [0, 0.05) is 5.02 Å². The molecule has 1 amide bonds. The molecule has 2 heterocycles. The first-order valence-electron chi connectivity index (χ1n) is 6.73. The first-order chi connectivity index (χ1) is 10.8. The molecule has 2 aromatic rings. The van der Waals surface area contributed by atoms with Crippen molar-refractivity contribution in [2.75, 3.05) is 5.01 Å². The molecular weight excluding hydrogens is 361 g/mol. The van der Waals surface area contributed by atoms with E-state index in [0.717, 1.165) is 11.4 Å². The number of nitrogens with zero attached hydrogens (tertiary/aromatic N) is 5. The lowest BCUT2D eigenvalue weighted by Gasteiger charge is -2.17. The van der Waals surface area contributed by atoms with Gasteiger partial charge in [-0.15, -0.1) is 0 Å². The normalized spacial score (nSPS) is 17.8. The van der Waals surface area contributed by atoms with Crippen LogP contribution >= 0.6 is 34.8 Å². The molecule has 120 valence electrons. The van der Waals surface area contributed by atoms with E-state index in [1.165, 1.54) is 21.9 Å². The highest BCUT2D eigenvalue weighted by molar-refractivity contribution is 6.42. The van der Waals surface area contributed by atoms with Crippen LogP contribution in [0.1, 0.15) is 24.4 Å². The third-order valence-corrected chi connectivity index (χ3v) is 4.34. The van der Waals surface area contributed by atoms with Gasteiger partial charge in [0.1, 0.15) is 5.69 Å². The molecule has 1 aromatic heterocycles. The highest BCUT2D eigenvalue weighted by atomic mass is 35.5. The monoisotopic (exact) mass is 371 g/mol. The van der Waals surface area contributed by atoms with Crippen molar-refractivity contribution in [1.82, 2.24) is 15.0 Å². The zero-order valence-corrected chi connectivity index (χ0v) is 14.8. The molecule has 1 aliphatic heterocycles. The van der Waals surface area contributed by atoms with Gasteiger partial charge in [-0.2, -0.15) is 25.1 Å². The summed E-state index contributed by atoms with van der Waals surface area (Å²) in [6, 6.07) is 2.30. The second kappa shape index (κ2) is 5.78. The molecule has 1 aliphatic rings. The number of hydrogen-bond acceptors (Lipinski definition) is 4. The molecule has 0 saturated carbocycles. The maximum atomic E-state index is 12.8. The molecule has 0 radical (unpaired) electrons. The highest BCUT2D eigenvalue weighted by Gasteiger charge is 2.39. The van der Waals surface area contributed by atoms with E-state index in [-0.39, 0.29) is 16.0 Å². The molecule has 0 fully saturated rings. The van der Waals surface area contributed by atoms with E-state index in [0.29, 0.717) is 16.4 Å². The predicted molar refractivity (Wildman–Crippen MR) is 90.6 cm³/mol. The topological polar surface area (TPSA) is 63.4 Å². The quantitative estimate of drug-likeness (QED) is 0.805. The van der Waals surface area contributed by atoms with Crippen LogP contribution in [0.2, 0.25) is 15.1 Å². The van der Waals surface area contributed by atoms with E-state index in [2.05, 4.69) is 15.3 Å². The molecule has 0 spiro atoms. The molecule has 3 rings (SSSR count). The Balaban J connectivity index is 2.04. The average molecular weight is 373 g/mol. The smallest absolute Gasteiger partial charge is 0.269 e. The van der Waals surface area contributed by atoms with Crippen LogP contribution in [0.25, 0.3) is 0 Å². The van der Waals surface area contributed by atoms with Gasteiger partial charge in [-0.3, -0.25) is 4.79 Å². The van der Waals surface area contributed by atoms with E-state index >= 15 is 0 Å². The Hall–Kier alpha value is -1.63. The van der Waals surface area contributed by atoms with Crippen LogP contribution in [-0.4, -0.2) is 26.6 Å². The number of rotatable bonds is 2. The minimum Gasteiger partial charge on any atom is -0.269 e. The van der Waals surface area contributed by atoms with Gasteiger partial charge in [-0.25, -0.2) is 0 Å². The fourth-order valence-electron chi connectivity index (χ4n) is 2.31. The summed E-state index contributed by atoms with van der Waals surface area (Å²) < 4.78 is 0. The number of halogens is 3. The molecule has 9 heteroatoms. The highest BCUT2D eigenvalue weighted by Crippen LogP contribution is 2.39. The largest absolute Gasteiger partial charge is 0.280 e. The lowest BCUT2D eigenvalue weighted by molar-refractivity contribution is -0.119. The van der Waals surface area contributed by atoms with Gasteiger partial charge < -0.3 is 0 Å². The summed E-state index contributed by atoms with van der Waals surface area (Å²) in [5, 5.41) is 14.9. The van der Waals surface area contributed by atoms with Gasteiger partial charge in [0.15, 0.2) is 6.04 Å². The first-order valence-corrected chi connectivity index (χ1v) is 7.86. The van der Waals surface area contributed by atoms with Crippen molar-refractivity contribution in [3.63, 3.8) is 0 Å². The Kier molecular flexibility index (Phi) is 4.08. The number of hydrogen-bond donors (Lipinski definition) is 0. The Labute approximate surface area is 147 Å². The van der Waals surface area contributed by atoms with Crippen LogP contribution in [0.4, 0.5) is 5.69 Å². The van der Waals surface area contributed by atoms with Crippen LogP contribution in [0.3, 0.4) is 0 Å². The van der Waals surface area contributed by atoms with Gasteiger partial charge in [0.25, 0.3) is 5.91 Å². The molecule has 0 aliphatic carbocycles. The predicted octanol–water partition coefficient (Wildman–Crippen LogP) is 3.82. The van der Waals surface area contributed by atoms with Crippen LogP contribution in [0.5, 0.6) is 0 Å². The molecular formula is C14H12Cl3N5O. The van der Waals surface area contributed by atoms with Gasteiger partial charge in [-0.05, 0) is 32.9 Å². The van der Waals surface area contributed by atoms with Crippen molar-refractivity contribution in [2.24, 2.45) is 5.10 Å². The van der Waals surface area contributed by atoms with Gasteiger partial charge >= 0.3 is 0 Å². The van der Waals surface area contributed by atoms with Crippen molar-refractivity contribution in [3.05, 3.63) is 38.6 Å². The van der Waals surface area contributed by atoms with Crippen molar-refractivity contribution in [3.8, 4) is 0 Å². The fourth-order valence-corrected chi connectivity index (χ4v) is 3.29. The first kappa shape index (κ1) is 16.2. The van der Waals surface area contributed by atoms with Crippen molar-refractivity contribution < 1.29 is 4.79 Å². The number of aryl methyl sites for hydroxylation is 2. The zero-order chi connectivity index (χ0) is 16.9. The second-order valence-corrected chi connectivity index (χ2v) is 6.45. The van der Waals surface area contributed by atoms with E-state index in [9.17, 15) is 4.79 Å². The standard InChI is InChI=1S/C14H12Cl3N5O/c1-6-7(2)20-22(19-6)12-8(3)18-21(14(12)23)13-10(16)4-9(15)5-11(13)17/h4-5,12H,1-3H3. The SMILES string of the molecule is CC1=NN(c2c(Cl)cc(Cl)cc2Cl)C(=O)C1n1nc(C)c(C)n1. The number of carbonyl (C=O) groups excluding carboxylic acids is 1. The summed E-state index contributed by atoms with van der Waals surface area (Å²) in [5.41, 5.74) is 2.36. The number of amides is 1. The third-order valence-electron chi connectivity index (χ3n) is 3.55. The summed E-state index contributed by atoms with van der Waals surface area (Å²) >= 11 is 18.3. The van der Waals surface area contributed by atoms with Crippen LogP contribution in [0.15, 0.2) is 17.2 Å². The van der Waals surface area contributed by atoms with E-state index in [4.69, 9.17) is 34.8 Å². The van der Waals surface area contributed by atoms with Crippen LogP contribution in [-0.2, 0) is 4.79 Å². The van der Waals surface area contributed by atoms with Crippen molar-refractivity contribution in [2.45, 2.75) is 26.8 Å². The summed E-state index contributed by atoms with van der Waals surface area (Å²) in [5.74, 6) is -0.330. The van der Waals surface area contributed by atoms with Crippen LogP contribution in [0, 0.1) is 13.8 Å². The summed E-state index contributed by atoms with van der Waals surface area (Å²) in [6.07, 6.45) is 0. The number of benzene rings is 1. The second-order valence-electron chi connectivity index (χ2n) is 5.20. The maximum absolute atomic E-state index is 12.8. The van der Waals surface area contributed by atoms with Gasteiger partial charge in [0.05, 0.1) is 27.1 Å². The van der Waals surface area contributed by atoms with E-state index in [1.807, 2.05) is 13.8 Å². The number of aromatic nitrogens is 3. The zero-order valence-electron chi connectivity index (χ0n) is 12.5. The summed E-state index contributed by atoms with van der Waals surface area (Å²) in [4.78, 5) is 14.2. The Morgan fingerprint density at radius 1 is 1.00 bits per heavy atom. The van der Waals surface area contributed by atoms with Crippen LogP contribution < -0.4 is 5.01 Å². The maximum Gasteiger partial charge on any atom is 0.280 e. The lowest BCUT2D eigenvalue weighted by atomic mass is 10.2. The molecule has 1 unspecified atom stereocenters. The third kappa shape index (κ3) is 2.71. The molecule has 23 heavy (non-hydrogen) atoms. The Morgan fingerprint density at radius 3 is 2.04 bits per heavy atom. The molecule has 1 atom stereocenters. The molecule has 0 N–H and O–H groups in total. The minimum absolute atomic E-state index is 0.244. The summed E-state index contributed by atoms with van der Waals surface area (Å²) in [6.45, 7) is 5.39. The van der Waals surface area contributed by atoms with Gasteiger partial charge in [0.2, 0.25) is 0 Å². The fraction of sp³-hybridized carbons (Fsp3) is 0.286. The average Bonchev–Trinajstić information content (AvgIpc) is 2.89. The Morgan fingerprint density at radius 2 is 1.52 bits per heavy atom. The Bertz CT molecular complexity index is 802.